The van der Waals surface area contributed by atoms with Crippen molar-refractivity contribution >= 4 is 48.4 Å². The van der Waals surface area contributed by atoms with Crippen LogP contribution in [0.25, 0.3) is 0 Å². The van der Waals surface area contributed by atoms with Crippen molar-refractivity contribution < 1.29 is 12.6 Å². The molecule has 1 aromatic carbocycles. The first-order valence-corrected chi connectivity index (χ1v) is 9.28. The van der Waals surface area contributed by atoms with Gasteiger partial charge in [-0.25, -0.2) is 13.1 Å². The Balaban J connectivity index is 2.90. The summed E-state index contributed by atoms with van der Waals surface area (Å²) in [6.07, 6.45) is 1.53. The lowest BCUT2D eigenvalue weighted by Gasteiger charge is -2.11. The Labute approximate surface area is 123 Å². The summed E-state index contributed by atoms with van der Waals surface area (Å²) in [6, 6.07) is 4.53. The van der Waals surface area contributed by atoms with E-state index in [1.165, 1.54) is 18.4 Å². The molecule has 2 atom stereocenters. The average Bonchev–Trinajstić information content (AvgIpc) is 2.25. The predicted molar refractivity (Wildman–Crippen MR) is 77.9 cm³/mol. The Kier molecular flexibility index (Phi) is 5.79. The molecular weight excluding hydrogens is 362 g/mol. The van der Waals surface area contributed by atoms with Gasteiger partial charge < -0.3 is 0 Å². The van der Waals surface area contributed by atoms with Gasteiger partial charge in [-0.1, -0.05) is 27.5 Å². The minimum absolute atomic E-state index is 0.0152. The number of hydrogen-bond acceptors (Lipinski definition) is 3. The lowest BCUT2D eigenvalue weighted by atomic mass is 10.4. The van der Waals surface area contributed by atoms with Crippen LogP contribution in [0.1, 0.15) is 6.92 Å². The highest BCUT2D eigenvalue weighted by molar-refractivity contribution is 9.10. The van der Waals surface area contributed by atoms with Gasteiger partial charge in [-0.15, -0.1) is 0 Å². The van der Waals surface area contributed by atoms with Gasteiger partial charge in [0.25, 0.3) is 0 Å². The minimum atomic E-state index is -3.67. The topological polar surface area (TPSA) is 63.2 Å². The van der Waals surface area contributed by atoms with Crippen LogP contribution in [0.15, 0.2) is 27.6 Å². The van der Waals surface area contributed by atoms with Gasteiger partial charge in [0.05, 0.1) is 5.02 Å². The third-order valence-electron chi connectivity index (χ3n) is 2.31. The first kappa shape index (κ1) is 16.1. The van der Waals surface area contributed by atoms with E-state index < -0.39 is 20.8 Å². The van der Waals surface area contributed by atoms with Crippen molar-refractivity contribution in [3.63, 3.8) is 0 Å². The van der Waals surface area contributed by atoms with Crippen LogP contribution in [0.3, 0.4) is 0 Å². The van der Waals surface area contributed by atoms with Crippen molar-refractivity contribution in [3.8, 4) is 0 Å². The minimum Gasteiger partial charge on any atom is -0.260 e. The van der Waals surface area contributed by atoms with E-state index in [1.54, 1.807) is 13.0 Å². The van der Waals surface area contributed by atoms with Crippen molar-refractivity contribution in [1.82, 2.24) is 4.72 Å². The van der Waals surface area contributed by atoms with E-state index >= 15 is 0 Å². The molecule has 102 valence electrons. The highest BCUT2D eigenvalue weighted by atomic mass is 79.9. The van der Waals surface area contributed by atoms with Gasteiger partial charge >= 0.3 is 0 Å². The second-order valence-corrected chi connectivity index (χ2v) is 8.60. The van der Waals surface area contributed by atoms with Crippen LogP contribution >= 0.6 is 27.5 Å². The van der Waals surface area contributed by atoms with E-state index in [1.807, 2.05) is 0 Å². The van der Waals surface area contributed by atoms with Gasteiger partial charge in [-0.2, -0.15) is 0 Å². The summed E-state index contributed by atoms with van der Waals surface area (Å²) in [6.45, 7) is 1.82. The van der Waals surface area contributed by atoms with Crippen LogP contribution in [-0.2, 0) is 20.8 Å². The molecule has 0 aliphatic carbocycles. The van der Waals surface area contributed by atoms with Crippen molar-refractivity contribution in [3.05, 3.63) is 27.7 Å². The van der Waals surface area contributed by atoms with Crippen LogP contribution in [-0.4, -0.2) is 30.7 Å². The summed E-state index contributed by atoms with van der Waals surface area (Å²) >= 11 is 9.09. The molecule has 0 aliphatic heterocycles. The molecule has 0 saturated heterocycles. The van der Waals surface area contributed by atoms with Gasteiger partial charge in [-0.3, -0.25) is 4.21 Å². The molecule has 0 saturated carbocycles. The predicted octanol–water partition coefficient (Wildman–Crippen LogP) is 2.15. The third-order valence-corrected chi connectivity index (χ3v) is 6.01. The number of nitrogens with one attached hydrogen (secondary N) is 1. The van der Waals surface area contributed by atoms with E-state index in [0.29, 0.717) is 4.47 Å². The van der Waals surface area contributed by atoms with Crippen molar-refractivity contribution in [2.24, 2.45) is 0 Å². The number of hydrogen-bond donors (Lipinski definition) is 1. The smallest absolute Gasteiger partial charge is 0.242 e. The van der Waals surface area contributed by atoms with E-state index in [4.69, 9.17) is 11.6 Å². The van der Waals surface area contributed by atoms with Gasteiger partial charge in [-0.05, 0) is 25.1 Å². The molecule has 18 heavy (non-hydrogen) atoms. The Morgan fingerprint density at radius 1 is 1.50 bits per heavy atom. The molecule has 0 fully saturated rings. The van der Waals surface area contributed by atoms with Crippen molar-refractivity contribution in [2.45, 2.75) is 17.1 Å². The Bertz CT molecular complexity index is 562. The van der Waals surface area contributed by atoms with Crippen LogP contribution in [0.5, 0.6) is 0 Å². The highest BCUT2D eigenvalue weighted by Gasteiger charge is 2.19. The van der Waals surface area contributed by atoms with Crippen LogP contribution < -0.4 is 4.72 Å². The molecule has 1 rings (SSSR count). The molecule has 2 unspecified atom stereocenters. The molecule has 1 N–H and O–H groups in total. The number of benzene rings is 1. The van der Waals surface area contributed by atoms with Crippen molar-refractivity contribution in [2.75, 3.05) is 12.8 Å². The maximum atomic E-state index is 12.0. The fourth-order valence-corrected chi connectivity index (χ4v) is 3.70. The summed E-state index contributed by atoms with van der Waals surface area (Å²) in [4.78, 5) is 0.0152. The molecule has 0 aromatic heterocycles. The fraction of sp³-hybridized carbons (Fsp3) is 0.400. The maximum Gasteiger partial charge on any atom is 0.242 e. The highest BCUT2D eigenvalue weighted by Crippen LogP contribution is 2.24. The van der Waals surface area contributed by atoms with Crippen LogP contribution in [0, 0.1) is 0 Å². The molecule has 0 heterocycles. The van der Waals surface area contributed by atoms with Crippen molar-refractivity contribution in [1.29, 1.82) is 0 Å². The van der Waals surface area contributed by atoms with E-state index in [9.17, 15) is 12.6 Å². The number of rotatable bonds is 5. The van der Waals surface area contributed by atoms with Gasteiger partial charge in [0.2, 0.25) is 10.0 Å². The number of sulfonamides is 1. The molecule has 0 amide bonds. The monoisotopic (exact) mass is 373 g/mol. The zero-order valence-corrected chi connectivity index (χ0v) is 13.8. The summed E-state index contributed by atoms with van der Waals surface area (Å²) in [7, 11) is -4.75. The Morgan fingerprint density at radius 3 is 2.61 bits per heavy atom. The van der Waals surface area contributed by atoms with Gasteiger partial charge in [0, 0.05) is 33.3 Å². The molecule has 1 aromatic rings. The molecule has 0 spiro atoms. The fourth-order valence-electron chi connectivity index (χ4n) is 1.12. The lowest BCUT2D eigenvalue weighted by Crippen LogP contribution is -2.32. The molecule has 4 nitrogen and oxygen atoms in total. The zero-order valence-electron chi connectivity index (χ0n) is 9.81. The average molecular weight is 375 g/mol. The van der Waals surface area contributed by atoms with E-state index in [2.05, 4.69) is 20.7 Å². The Hall–Kier alpha value is 0.0500. The second kappa shape index (κ2) is 6.47. The van der Waals surface area contributed by atoms with E-state index in [-0.39, 0.29) is 21.7 Å². The summed E-state index contributed by atoms with van der Waals surface area (Å²) in [5.74, 6) is 0. The second-order valence-electron chi connectivity index (χ2n) is 3.74. The summed E-state index contributed by atoms with van der Waals surface area (Å²) in [5.41, 5.74) is 0. The van der Waals surface area contributed by atoms with E-state index in [0.717, 1.165) is 0 Å². The Morgan fingerprint density at radius 2 is 2.11 bits per heavy atom. The standard InChI is InChI=1S/C10H13BrClNO3S2/c1-7(17(2)14)6-13-18(15,16)10-4-3-8(11)5-9(10)12/h3-5,7,13H,6H2,1-2H3. The molecule has 8 heteroatoms. The first-order valence-electron chi connectivity index (χ1n) is 5.01. The first-order chi connectivity index (χ1) is 8.24. The molecule has 0 radical (unpaired) electrons. The molecule has 0 bridgehead atoms. The quantitative estimate of drug-likeness (QED) is 0.859. The number of halogens is 2. The lowest BCUT2D eigenvalue weighted by molar-refractivity contribution is 0.580. The molecule has 0 aliphatic rings. The summed E-state index contributed by atoms with van der Waals surface area (Å²) < 4.78 is 38.2. The van der Waals surface area contributed by atoms with Gasteiger partial charge in [0.1, 0.15) is 4.90 Å². The third kappa shape index (κ3) is 4.31. The SMILES string of the molecule is CC(CNS(=O)(=O)c1ccc(Br)cc1Cl)S(C)=O. The van der Waals surface area contributed by atoms with Crippen LogP contribution in [0.4, 0.5) is 0 Å². The zero-order chi connectivity index (χ0) is 13.9. The largest absolute Gasteiger partial charge is 0.260 e. The summed E-state index contributed by atoms with van der Waals surface area (Å²) in [5, 5.41) is -0.115. The normalized spacial score (nSPS) is 15.3. The maximum absolute atomic E-state index is 12.0. The van der Waals surface area contributed by atoms with Gasteiger partial charge in [0.15, 0.2) is 0 Å². The molecular formula is C10H13BrClNO3S2. The van der Waals surface area contributed by atoms with Crippen LogP contribution in [0.2, 0.25) is 5.02 Å².